The number of rotatable bonds is 1. The lowest BCUT2D eigenvalue weighted by Crippen LogP contribution is -2.38. The number of benzene rings is 1. The summed E-state index contributed by atoms with van der Waals surface area (Å²) in [4.78, 5) is 11.4. The number of carbonyl (C=O) groups is 1. The van der Waals surface area contributed by atoms with E-state index in [-0.39, 0.29) is 5.97 Å². The van der Waals surface area contributed by atoms with Crippen molar-refractivity contribution in [3.05, 3.63) is 29.8 Å². The van der Waals surface area contributed by atoms with E-state index in [1.165, 1.54) is 6.26 Å². The van der Waals surface area contributed by atoms with Crippen LogP contribution in [0, 0.1) is 0 Å². The van der Waals surface area contributed by atoms with Gasteiger partial charge in [0, 0.05) is 12.0 Å². The van der Waals surface area contributed by atoms with Gasteiger partial charge in [0.25, 0.3) is 0 Å². The van der Waals surface area contributed by atoms with Crippen molar-refractivity contribution in [3.8, 4) is 5.75 Å². The molecule has 74 valence electrons. The molecule has 1 aromatic carbocycles. The molecule has 2 atom stereocenters. The fraction of sp³-hybridized carbons (Fsp3) is 0.300. The van der Waals surface area contributed by atoms with E-state index >= 15 is 0 Å². The van der Waals surface area contributed by atoms with E-state index < -0.39 is 16.4 Å². The fourth-order valence-corrected chi connectivity index (χ4v) is 2.22. The number of hydrogen-bond donors (Lipinski definition) is 0. The molecule has 0 spiro atoms. The van der Waals surface area contributed by atoms with Crippen LogP contribution in [0.5, 0.6) is 5.75 Å². The quantitative estimate of drug-likeness (QED) is 0.393. The lowest BCUT2D eigenvalue weighted by molar-refractivity contribution is -0.134. The summed E-state index contributed by atoms with van der Waals surface area (Å²) in [6.07, 6.45) is 2.04. The van der Waals surface area contributed by atoms with Gasteiger partial charge in [-0.1, -0.05) is 18.2 Å². The van der Waals surface area contributed by atoms with E-state index in [2.05, 4.69) is 0 Å². The largest absolute Gasteiger partial charge is 0.616 e. The molecule has 1 heterocycles. The molecule has 14 heavy (non-hydrogen) atoms. The van der Waals surface area contributed by atoms with Crippen LogP contribution in [0.4, 0.5) is 0 Å². The number of fused-ring (bicyclic) bond motifs is 1. The Kier molecular flexibility index (Phi) is 2.48. The zero-order valence-electron chi connectivity index (χ0n) is 7.73. The van der Waals surface area contributed by atoms with Crippen LogP contribution in [-0.2, 0) is 22.4 Å². The van der Waals surface area contributed by atoms with E-state index in [9.17, 15) is 9.35 Å². The first-order valence-electron chi connectivity index (χ1n) is 4.30. The van der Waals surface area contributed by atoms with Crippen molar-refractivity contribution in [2.75, 3.05) is 6.26 Å². The number of hydrogen-bond acceptors (Lipinski definition) is 3. The second kappa shape index (κ2) is 3.63. The van der Waals surface area contributed by atoms with Crippen LogP contribution in [0.3, 0.4) is 0 Å². The summed E-state index contributed by atoms with van der Waals surface area (Å²) in [6.45, 7) is 0. The summed E-state index contributed by atoms with van der Waals surface area (Å²) < 4.78 is 16.3. The molecule has 1 aliphatic heterocycles. The summed E-state index contributed by atoms with van der Waals surface area (Å²) >= 11 is -1.16. The maximum absolute atomic E-state index is 11.4. The summed E-state index contributed by atoms with van der Waals surface area (Å²) in [5.41, 5.74) is 0.951. The predicted molar refractivity (Wildman–Crippen MR) is 53.6 cm³/mol. The molecule has 2 unspecified atom stereocenters. The van der Waals surface area contributed by atoms with Crippen molar-refractivity contribution >= 4 is 17.1 Å². The van der Waals surface area contributed by atoms with Gasteiger partial charge in [0.2, 0.25) is 5.25 Å². The van der Waals surface area contributed by atoms with Gasteiger partial charge >= 0.3 is 5.97 Å². The van der Waals surface area contributed by atoms with Gasteiger partial charge in [-0.05, 0) is 17.2 Å². The van der Waals surface area contributed by atoms with Gasteiger partial charge in [-0.2, -0.15) is 0 Å². The average Bonchev–Trinajstić information content (AvgIpc) is 2.16. The van der Waals surface area contributed by atoms with Gasteiger partial charge in [-0.3, -0.25) is 0 Å². The standard InChI is InChI=1S/C10H10O3S/c1-14(12)9-6-7-4-2-3-5-8(7)13-10(9)11/h2-5,9H,6H2,1H3. The number of esters is 1. The minimum Gasteiger partial charge on any atom is -0.616 e. The Hall–Kier alpha value is -1.00. The Morgan fingerprint density at radius 1 is 1.50 bits per heavy atom. The topological polar surface area (TPSA) is 49.4 Å². The third-order valence-corrected chi connectivity index (χ3v) is 3.41. The Morgan fingerprint density at radius 2 is 2.21 bits per heavy atom. The zero-order valence-corrected chi connectivity index (χ0v) is 8.54. The van der Waals surface area contributed by atoms with Crippen LogP contribution >= 0.6 is 0 Å². The van der Waals surface area contributed by atoms with Gasteiger partial charge in [-0.15, -0.1) is 0 Å². The van der Waals surface area contributed by atoms with Gasteiger partial charge in [-0.25, -0.2) is 4.79 Å². The van der Waals surface area contributed by atoms with Gasteiger partial charge in [0.1, 0.15) is 5.75 Å². The predicted octanol–water partition coefficient (Wildman–Crippen LogP) is 0.895. The molecule has 0 bridgehead atoms. The van der Waals surface area contributed by atoms with Crippen LogP contribution in [0.15, 0.2) is 24.3 Å². The lowest BCUT2D eigenvalue weighted by atomic mass is 10.1. The Labute approximate surface area is 85.3 Å². The molecule has 0 saturated carbocycles. The molecule has 0 N–H and O–H groups in total. The minimum atomic E-state index is -1.16. The Morgan fingerprint density at radius 3 is 2.93 bits per heavy atom. The molecule has 0 amide bonds. The second-order valence-corrected chi connectivity index (χ2v) is 4.79. The minimum absolute atomic E-state index is 0.385. The second-order valence-electron chi connectivity index (χ2n) is 3.22. The van der Waals surface area contributed by atoms with E-state index in [4.69, 9.17) is 4.74 Å². The molecule has 4 heteroatoms. The van der Waals surface area contributed by atoms with Crippen LogP contribution in [0.1, 0.15) is 5.56 Å². The van der Waals surface area contributed by atoms with E-state index in [0.717, 1.165) is 5.56 Å². The molecule has 2 rings (SSSR count). The van der Waals surface area contributed by atoms with E-state index in [1.54, 1.807) is 6.07 Å². The fourth-order valence-electron chi connectivity index (χ4n) is 1.48. The molecule has 1 aliphatic rings. The van der Waals surface area contributed by atoms with Crippen LogP contribution in [-0.4, -0.2) is 22.0 Å². The van der Waals surface area contributed by atoms with Gasteiger partial charge < -0.3 is 9.29 Å². The number of carbonyl (C=O) groups excluding carboxylic acids is 1. The first kappa shape index (κ1) is 9.55. The molecular formula is C10H10O3S. The summed E-state index contributed by atoms with van der Waals surface area (Å²) in [5, 5.41) is -0.509. The highest BCUT2D eigenvalue weighted by Gasteiger charge is 2.35. The summed E-state index contributed by atoms with van der Waals surface area (Å²) in [7, 11) is 0. The van der Waals surface area contributed by atoms with Crippen molar-refractivity contribution in [1.29, 1.82) is 0 Å². The smallest absolute Gasteiger partial charge is 0.365 e. The Balaban J connectivity index is 2.31. The van der Waals surface area contributed by atoms with Crippen molar-refractivity contribution < 1.29 is 14.1 Å². The van der Waals surface area contributed by atoms with Crippen molar-refractivity contribution in [1.82, 2.24) is 0 Å². The normalized spacial score (nSPS) is 22.4. The van der Waals surface area contributed by atoms with E-state index in [0.29, 0.717) is 12.2 Å². The lowest BCUT2D eigenvalue weighted by Gasteiger charge is -2.23. The van der Waals surface area contributed by atoms with Gasteiger partial charge in [0.15, 0.2) is 0 Å². The SMILES string of the molecule is C[S+]([O-])C1Cc2ccccc2OC1=O. The maximum Gasteiger partial charge on any atom is 0.365 e. The molecule has 3 nitrogen and oxygen atoms in total. The van der Waals surface area contributed by atoms with Gasteiger partial charge in [0.05, 0.1) is 6.26 Å². The molecule has 0 fully saturated rings. The molecule has 0 saturated heterocycles. The first-order chi connectivity index (χ1) is 6.68. The van der Waals surface area contributed by atoms with Crippen LogP contribution in [0.2, 0.25) is 0 Å². The monoisotopic (exact) mass is 210 g/mol. The molecule has 0 aromatic heterocycles. The first-order valence-corrected chi connectivity index (χ1v) is 5.92. The zero-order chi connectivity index (χ0) is 10.1. The van der Waals surface area contributed by atoms with Crippen LogP contribution in [0.25, 0.3) is 0 Å². The molecular weight excluding hydrogens is 200 g/mol. The van der Waals surface area contributed by atoms with Crippen LogP contribution < -0.4 is 4.74 Å². The third-order valence-electron chi connectivity index (χ3n) is 2.25. The average molecular weight is 210 g/mol. The maximum atomic E-state index is 11.4. The van der Waals surface area contributed by atoms with Crippen molar-refractivity contribution in [3.63, 3.8) is 0 Å². The summed E-state index contributed by atoms with van der Waals surface area (Å²) in [5.74, 6) is 0.212. The summed E-state index contributed by atoms with van der Waals surface area (Å²) in [6, 6.07) is 7.34. The molecule has 1 aromatic rings. The van der Waals surface area contributed by atoms with E-state index in [1.807, 2.05) is 18.2 Å². The Bertz CT molecular complexity index is 362. The molecule has 0 aliphatic carbocycles. The highest BCUT2D eigenvalue weighted by Crippen LogP contribution is 2.27. The molecule has 0 radical (unpaired) electrons. The number of ether oxygens (including phenoxy) is 1. The highest BCUT2D eigenvalue weighted by atomic mass is 32.2. The highest BCUT2D eigenvalue weighted by molar-refractivity contribution is 7.92. The van der Waals surface area contributed by atoms with Crippen molar-refractivity contribution in [2.24, 2.45) is 0 Å². The third kappa shape index (κ3) is 1.63. The van der Waals surface area contributed by atoms with Crippen molar-refractivity contribution in [2.45, 2.75) is 11.7 Å². The number of para-hydroxylation sites is 1.